The summed E-state index contributed by atoms with van der Waals surface area (Å²) >= 11 is 0. The molecule has 1 unspecified atom stereocenters. The minimum atomic E-state index is -0.438. The van der Waals surface area contributed by atoms with Crippen molar-refractivity contribution in [3.8, 4) is 34.1 Å². The van der Waals surface area contributed by atoms with Gasteiger partial charge in [0, 0.05) is 108 Å². The highest BCUT2D eigenvalue weighted by molar-refractivity contribution is 6.07. The van der Waals surface area contributed by atoms with E-state index in [-0.39, 0.29) is 29.5 Å². The van der Waals surface area contributed by atoms with Gasteiger partial charge in [-0.05, 0) is 85.3 Å². The summed E-state index contributed by atoms with van der Waals surface area (Å²) in [5, 5.41) is 12.6. The van der Waals surface area contributed by atoms with Crippen LogP contribution in [-0.4, -0.2) is 127 Å². The van der Waals surface area contributed by atoms with Gasteiger partial charge in [-0.15, -0.1) is 5.10 Å². The first-order valence-corrected chi connectivity index (χ1v) is 24.4. The van der Waals surface area contributed by atoms with Gasteiger partial charge in [0.1, 0.15) is 5.82 Å². The van der Waals surface area contributed by atoms with Crippen molar-refractivity contribution in [1.82, 2.24) is 49.3 Å². The van der Waals surface area contributed by atoms with Crippen molar-refractivity contribution in [2.75, 3.05) is 79.1 Å². The normalized spacial score (nSPS) is 18.3. The number of carbonyl (C=O) groups excluding carboxylic acids is 3. The molecular weight excluding hydrogens is 901 g/mol. The van der Waals surface area contributed by atoms with Gasteiger partial charge >= 0.3 is 17.7 Å². The number of aromatic nitrogens is 8. The first kappa shape index (κ1) is 45.5. The molecule has 9 heterocycles. The van der Waals surface area contributed by atoms with Gasteiger partial charge in [-0.25, -0.2) is 23.8 Å². The van der Waals surface area contributed by atoms with E-state index >= 15 is 0 Å². The number of hydrogen-bond acceptors (Lipinski definition) is 13. The van der Waals surface area contributed by atoms with E-state index in [0.29, 0.717) is 49.9 Å². The number of pyridine rings is 3. The zero-order valence-electron chi connectivity index (χ0n) is 40.4. The number of piperazine rings is 1. The van der Waals surface area contributed by atoms with E-state index in [2.05, 4.69) is 49.2 Å². The van der Waals surface area contributed by atoms with Crippen molar-refractivity contribution in [3.05, 3.63) is 113 Å². The van der Waals surface area contributed by atoms with Crippen molar-refractivity contribution in [2.45, 2.75) is 51.0 Å². The summed E-state index contributed by atoms with van der Waals surface area (Å²) in [6.07, 6.45) is 10.6. The van der Waals surface area contributed by atoms with Crippen LogP contribution in [0.15, 0.2) is 96.3 Å². The molecule has 4 saturated heterocycles. The maximum absolute atomic E-state index is 13.9. The van der Waals surface area contributed by atoms with E-state index in [1.807, 2.05) is 72.5 Å². The molecule has 19 heteroatoms. The lowest BCUT2D eigenvalue weighted by Crippen LogP contribution is -2.53. The maximum atomic E-state index is 13.9. The molecule has 19 nitrogen and oxygen atoms in total. The second kappa shape index (κ2) is 18.8. The Kier molecular flexibility index (Phi) is 12.0. The number of urea groups is 1. The van der Waals surface area contributed by atoms with Crippen LogP contribution in [0.1, 0.15) is 49.8 Å². The van der Waals surface area contributed by atoms with Gasteiger partial charge in [0.2, 0.25) is 11.8 Å². The number of anilines is 4. The SMILES string of the molecule is CCc1c(-c2ccc(-n3c(OC)nn(C)c3=O)cc2-c2ccc(N3CCC(N4CCN(c5cccc6c(C7CCC(=O)NC7=O)nn(C)c56)CC4)CC3)cn2)ccnc1N1CCN(c2cccnc2)C1=O. The Hall–Kier alpha value is -7.93. The zero-order valence-corrected chi connectivity index (χ0v) is 40.4. The van der Waals surface area contributed by atoms with Crippen molar-refractivity contribution in [2.24, 2.45) is 14.1 Å². The maximum Gasteiger partial charge on any atom is 0.353 e. The predicted octanol–water partition coefficient (Wildman–Crippen LogP) is 5.31. The lowest BCUT2D eigenvalue weighted by Gasteiger charge is -2.43. The fourth-order valence-corrected chi connectivity index (χ4v) is 11.1. The molecule has 0 saturated carbocycles. The molecule has 2 aromatic carbocycles. The Morgan fingerprint density at radius 1 is 0.704 bits per heavy atom. The summed E-state index contributed by atoms with van der Waals surface area (Å²) in [6, 6.07) is 22.4. The average Bonchev–Trinajstić information content (AvgIpc) is 4.06. The van der Waals surface area contributed by atoms with Crippen LogP contribution in [0.25, 0.3) is 39.0 Å². The largest absolute Gasteiger partial charge is 0.467 e. The number of aryl methyl sites for hydroxylation is 2. The van der Waals surface area contributed by atoms with Crippen LogP contribution < -0.4 is 35.3 Å². The van der Waals surface area contributed by atoms with E-state index in [0.717, 1.165) is 114 Å². The number of methoxy groups -OCH3 is 1. The number of imide groups is 1. The minimum Gasteiger partial charge on any atom is -0.467 e. The summed E-state index contributed by atoms with van der Waals surface area (Å²) in [4.78, 5) is 77.1. The minimum absolute atomic E-state index is 0.153. The van der Waals surface area contributed by atoms with Gasteiger partial charge in [0.05, 0.1) is 65.1 Å². The lowest BCUT2D eigenvalue weighted by atomic mass is 9.92. The molecule has 4 aliphatic heterocycles. The number of benzene rings is 2. The Morgan fingerprint density at radius 3 is 2.24 bits per heavy atom. The highest BCUT2D eigenvalue weighted by Crippen LogP contribution is 2.40. The molecular formula is C52H56N14O5. The van der Waals surface area contributed by atoms with E-state index in [4.69, 9.17) is 19.8 Å². The van der Waals surface area contributed by atoms with Crippen LogP contribution in [0, 0.1) is 0 Å². The van der Waals surface area contributed by atoms with Gasteiger partial charge in [-0.3, -0.25) is 44.3 Å². The zero-order chi connectivity index (χ0) is 48.9. The molecule has 0 aliphatic carbocycles. The van der Waals surface area contributed by atoms with Crippen LogP contribution in [0.5, 0.6) is 6.01 Å². The molecule has 4 fully saturated rings. The van der Waals surface area contributed by atoms with E-state index in [1.165, 1.54) is 16.4 Å². The molecule has 1 atom stereocenters. The molecule has 0 spiro atoms. The number of rotatable bonds is 11. The second-order valence-corrected chi connectivity index (χ2v) is 18.6. The van der Waals surface area contributed by atoms with Gasteiger partial charge in [0.25, 0.3) is 0 Å². The standard InChI is InChI=1S/C52H56N14O5/c1-5-37-39(17-21-54-48(37)65-29-28-64(52(65)70)36-8-7-20-53-31-36)38-13-11-34(66-50(71-4)58-60(3)51(66)69)30-42(38)43-15-12-35(32-55-43)61-22-18-33(19-23-61)62-24-26-63(27-25-62)44-10-6-9-40-46(57-59(2)47(40)44)41-14-16-45(67)56-49(41)68/h6-13,15,17,20-21,30-33,41H,5,14,16,18-19,22-29H2,1-4H3,(H,56,67,68). The van der Waals surface area contributed by atoms with Crippen molar-refractivity contribution in [1.29, 1.82) is 0 Å². The third-order valence-corrected chi connectivity index (χ3v) is 14.7. The highest BCUT2D eigenvalue weighted by Gasteiger charge is 2.35. The molecule has 7 aromatic rings. The summed E-state index contributed by atoms with van der Waals surface area (Å²) in [7, 11) is 5.02. The molecule has 71 heavy (non-hydrogen) atoms. The fourth-order valence-electron chi connectivity index (χ4n) is 11.1. The van der Waals surface area contributed by atoms with E-state index in [9.17, 15) is 19.2 Å². The van der Waals surface area contributed by atoms with Gasteiger partial charge < -0.3 is 14.5 Å². The van der Waals surface area contributed by atoms with Gasteiger partial charge in [-0.2, -0.15) is 5.10 Å². The second-order valence-electron chi connectivity index (χ2n) is 18.6. The molecule has 0 bridgehead atoms. The quantitative estimate of drug-likeness (QED) is 0.165. The van der Waals surface area contributed by atoms with E-state index in [1.54, 1.807) is 35.4 Å². The van der Waals surface area contributed by atoms with Crippen LogP contribution in [0.4, 0.5) is 27.7 Å². The van der Waals surface area contributed by atoms with Gasteiger partial charge in [0.15, 0.2) is 0 Å². The number of hydrogen-bond donors (Lipinski definition) is 1. The molecule has 364 valence electrons. The Labute approximate surface area is 410 Å². The van der Waals surface area contributed by atoms with Crippen LogP contribution in [-0.2, 0) is 30.1 Å². The molecule has 5 aromatic heterocycles. The summed E-state index contributed by atoms with van der Waals surface area (Å²) in [6.45, 7) is 8.53. The molecule has 11 rings (SSSR count). The Morgan fingerprint density at radius 2 is 1.51 bits per heavy atom. The summed E-state index contributed by atoms with van der Waals surface area (Å²) in [5.74, 6) is -0.323. The highest BCUT2D eigenvalue weighted by atomic mass is 16.5. The van der Waals surface area contributed by atoms with Gasteiger partial charge in [-0.1, -0.05) is 25.1 Å². The third-order valence-electron chi connectivity index (χ3n) is 14.7. The lowest BCUT2D eigenvalue weighted by molar-refractivity contribution is -0.134. The Bertz CT molecular complexity index is 3220. The number of para-hydroxylation sites is 1. The van der Waals surface area contributed by atoms with Crippen LogP contribution >= 0.6 is 0 Å². The monoisotopic (exact) mass is 956 g/mol. The van der Waals surface area contributed by atoms with Crippen LogP contribution in [0.3, 0.4) is 0 Å². The Balaban J connectivity index is 0.811. The molecule has 0 radical (unpaired) electrons. The number of fused-ring (bicyclic) bond motifs is 1. The topological polar surface area (TPSA) is 185 Å². The number of nitrogens with zero attached hydrogens (tertiary/aromatic N) is 13. The number of carbonyl (C=O) groups is 3. The number of piperidine rings is 2. The first-order chi connectivity index (χ1) is 34.6. The number of ether oxygens (including phenoxy) is 1. The number of nitrogens with one attached hydrogen (secondary N) is 1. The molecule has 1 N–H and O–H groups in total. The summed E-state index contributed by atoms with van der Waals surface area (Å²) in [5.41, 5.74) is 9.15. The van der Waals surface area contributed by atoms with Crippen molar-refractivity contribution in [3.63, 3.8) is 0 Å². The van der Waals surface area contributed by atoms with Crippen LogP contribution in [0.2, 0.25) is 0 Å². The van der Waals surface area contributed by atoms with Crippen molar-refractivity contribution >= 4 is 51.6 Å². The number of amides is 4. The predicted molar refractivity (Wildman–Crippen MR) is 270 cm³/mol. The average molecular weight is 957 g/mol. The smallest absolute Gasteiger partial charge is 0.353 e. The summed E-state index contributed by atoms with van der Waals surface area (Å²) < 4.78 is 10.1. The molecule has 4 amide bonds. The first-order valence-electron chi connectivity index (χ1n) is 24.4. The fraction of sp³-hybridized carbons (Fsp3) is 0.365. The third kappa shape index (κ3) is 8.22. The molecule has 4 aliphatic rings. The van der Waals surface area contributed by atoms with E-state index < -0.39 is 5.92 Å². The van der Waals surface area contributed by atoms with Crippen molar-refractivity contribution < 1.29 is 19.1 Å².